The van der Waals surface area contributed by atoms with E-state index in [1.54, 1.807) is 0 Å². The number of benzene rings is 1. The fourth-order valence-corrected chi connectivity index (χ4v) is 2.28. The summed E-state index contributed by atoms with van der Waals surface area (Å²) < 4.78 is 0. The van der Waals surface area contributed by atoms with Crippen molar-refractivity contribution >= 4 is 23.0 Å². The van der Waals surface area contributed by atoms with E-state index in [0.29, 0.717) is 12.1 Å². The third kappa shape index (κ3) is 2.56. The first-order chi connectivity index (χ1) is 9.72. The number of nitrogen functional groups attached to an aromatic ring is 1. The van der Waals surface area contributed by atoms with Gasteiger partial charge in [0.2, 0.25) is 5.91 Å². The number of rotatable bonds is 5. The van der Waals surface area contributed by atoms with E-state index in [0.717, 1.165) is 42.1 Å². The monoisotopic (exact) mass is 272 g/mol. The van der Waals surface area contributed by atoms with E-state index in [-0.39, 0.29) is 5.91 Å². The molecule has 1 aromatic heterocycles. The molecule has 7 heteroatoms. The lowest BCUT2D eigenvalue weighted by atomic mass is 10.1. The number of amides is 1. The molecule has 0 atom stereocenters. The summed E-state index contributed by atoms with van der Waals surface area (Å²) in [5, 5.41) is 12.7. The van der Waals surface area contributed by atoms with Crippen LogP contribution in [0, 0.1) is 0 Å². The number of fused-ring (bicyclic) bond motifs is 1. The van der Waals surface area contributed by atoms with Crippen LogP contribution in [0.1, 0.15) is 17.8 Å². The zero-order valence-corrected chi connectivity index (χ0v) is 10.9. The van der Waals surface area contributed by atoms with Crippen LogP contribution in [0.5, 0.6) is 0 Å². The molecular formula is C13H16N6O. The molecule has 1 aliphatic heterocycles. The summed E-state index contributed by atoms with van der Waals surface area (Å²) in [5.74, 6) is 0.892. The van der Waals surface area contributed by atoms with Gasteiger partial charge >= 0.3 is 0 Å². The van der Waals surface area contributed by atoms with Crippen LogP contribution in [0.15, 0.2) is 18.5 Å². The van der Waals surface area contributed by atoms with Crippen molar-refractivity contribution in [3.63, 3.8) is 0 Å². The van der Waals surface area contributed by atoms with Crippen molar-refractivity contribution in [2.45, 2.75) is 19.3 Å². The maximum absolute atomic E-state index is 11.3. The number of hydrogen-bond acceptors (Lipinski definition) is 5. The van der Waals surface area contributed by atoms with Gasteiger partial charge in [0.05, 0.1) is 17.8 Å². The highest BCUT2D eigenvalue weighted by atomic mass is 16.1. The number of aryl methyl sites for hydroxylation is 1. The number of aromatic amines is 1. The molecule has 2 aromatic rings. The first-order valence-electron chi connectivity index (χ1n) is 6.53. The Labute approximate surface area is 116 Å². The second-order valence-corrected chi connectivity index (χ2v) is 4.78. The third-order valence-electron chi connectivity index (χ3n) is 3.27. The summed E-state index contributed by atoms with van der Waals surface area (Å²) in [6, 6.07) is 3.75. The van der Waals surface area contributed by atoms with E-state index < -0.39 is 0 Å². The van der Waals surface area contributed by atoms with Gasteiger partial charge < -0.3 is 16.4 Å². The van der Waals surface area contributed by atoms with Crippen molar-refractivity contribution in [1.82, 2.24) is 15.2 Å². The molecule has 3 rings (SSSR count). The standard InChI is InChI=1S/C13H16N6O/c14-9-4-8-5-13(20)18-10(8)6-11(9)15-3-1-2-12-16-7-17-19-12/h4,6-7,15H,1-3,5,14H2,(H,18,20)(H,16,17,19). The quantitative estimate of drug-likeness (QED) is 0.478. The van der Waals surface area contributed by atoms with E-state index in [4.69, 9.17) is 5.73 Å². The molecule has 0 fully saturated rings. The molecule has 1 aliphatic rings. The predicted octanol–water partition coefficient (Wildman–Crippen LogP) is 0.926. The summed E-state index contributed by atoms with van der Waals surface area (Å²) in [7, 11) is 0. The van der Waals surface area contributed by atoms with Crippen molar-refractivity contribution < 1.29 is 4.79 Å². The van der Waals surface area contributed by atoms with E-state index in [2.05, 4.69) is 25.8 Å². The second-order valence-electron chi connectivity index (χ2n) is 4.78. The zero-order valence-electron chi connectivity index (χ0n) is 10.9. The number of nitrogens with zero attached hydrogens (tertiary/aromatic N) is 2. The summed E-state index contributed by atoms with van der Waals surface area (Å²) in [4.78, 5) is 15.4. The first-order valence-corrected chi connectivity index (χ1v) is 6.53. The highest BCUT2D eigenvalue weighted by molar-refractivity contribution is 6.00. The number of aromatic nitrogens is 3. The minimum absolute atomic E-state index is 0.0156. The molecule has 104 valence electrons. The second kappa shape index (κ2) is 5.20. The molecule has 0 aliphatic carbocycles. The largest absolute Gasteiger partial charge is 0.397 e. The summed E-state index contributed by atoms with van der Waals surface area (Å²) in [6.07, 6.45) is 3.65. The average molecular weight is 272 g/mol. The fraction of sp³-hybridized carbons (Fsp3) is 0.308. The van der Waals surface area contributed by atoms with Crippen LogP contribution in [-0.4, -0.2) is 27.6 Å². The summed E-state index contributed by atoms with van der Waals surface area (Å²) in [5.41, 5.74) is 9.31. The molecule has 0 spiro atoms. The highest BCUT2D eigenvalue weighted by Gasteiger charge is 2.19. The van der Waals surface area contributed by atoms with E-state index in [1.165, 1.54) is 6.33 Å². The zero-order chi connectivity index (χ0) is 13.9. The Morgan fingerprint density at radius 3 is 3.10 bits per heavy atom. The van der Waals surface area contributed by atoms with Crippen molar-refractivity contribution in [2.75, 3.05) is 22.9 Å². The van der Waals surface area contributed by atoms with Crippen molar-refractivity contribution in [3.8, 4) is 0 Å². The number of carbonyl (C=O) groups is 1. The van der Waals surface area contributed by atoms with Crippen LogP contribution in [0.4, 0.5) is 17.1 Å². The topological polar surface area (TPSA) is 109 Å². The Kier molecular flexibility index (Phi) is 3.24. The summed E-state index contributed by atoms with van der Waals surface area (Å²) >= 11 is 0. The number of nitrogens with two attached hydrogens (primary N) is 1. The molecule has 0 radical (unpaired) electrons. The van der Waals surface area contributed by atoms with Crippen molar-refractivity contribution in [2.24, 2.45) is 0 Å². The molecule has 2 heterocycles. The number of anilines is 3. The molecule has 7 nitrogen and oxygen atoms in total. The first kappa shape index (κ1) is 12.5. The predicted molar refractivity (Wildman–Crippen MR) is 76.4 cm³/mol. The number of hydrogen-bond donors (Lipinski definition) is 4. The maximum Gasteiger partial charge on any atom is 0.228 e. The lowest BCUT2D eigenvalue weighted by Gasteiger charge is -2.11. The number of H-pyrrole nitrogens is 1. The van der Waals surface area contributed by atoms with Gasteiger partial charge in [-0.05, 0) is 24.1 Å². The summed E-state index contributed by atoms with van der Waals surface area (Å²) in [6.45, 7) is 0.775. The van der Waals surface area contributed by atoms with Crippen LogP contribution in [-0.2, 0) is 17.6 Å². The fourth-order valence-electron chi connectivity index (χ4n) is 2.28. The molecule has 1 aromatic carbocycles. The Hall–Kier alpha value is -2.57. The molecule has 1 amide bonds. The highest BCUT2D eigenvalue weighted by Crippen LogP contribution is 2.31. The van der Waals surface area contributed by atoms with Crippen LogP contribution < -0.4 is 16.4 Å². The Morgan fingerprint density at radius 2 is 2.30 bits per heavy atom. The molecule has 0 bridgehead atoms. The SMILES string of the molecule is Nc1cc2c(cc1NCCCc1ncn[nH]1)NC(=O)C2. The van der Waals surface area contributed by atoms with Gasteiger partial charge in [-0.1, -0.05) is 0 Å². The van der Waals surface area contributed by atoms with Crippen LogP contribution >= 0.6 is 0 Å². The average Bonchev–Trinajstić information content (AvgIpc) is 3.03. The van der Waals surface area contributed by atoms with Gasteiger partial charge in [0, 0.05) is 18.7 Å². The molecular weight excluding hydrogens is 256 g/mol. The van der Waals surface area contributed by atoms with Gasteiger partial charge in [0.1, 0.15) is 12.2 Å². The van der Waals surface area contributed by atoms with Crippen molar-refractivity contribution in [1.29, 1.82) is 0 Å². The molecule has 0 saturated heterocycles. The van der Waals surface area contributed by atoms with Gasteiger partial charge in [-0.2, -0.15) is 5.10 Å². The number of carbonyl (C=O) groups excluding carboxylic acids is 1. The van der Waals surface area contributed by atoms with Gasteiger partial charge in [0.25, 0.3) is 0 Å². The number of nitrogens with one attached hydrogen (secondary N) is 3. The van der Waals surface area contributed by atoms with Crippen LogP contribution in [0.2, 0.25) is 0 Å². The lowest BCUT2D eigenvalue weighted by Crippen LogP contribution is -2.06. The van der Waals surface area contributed by atoms with E-state index >= 15 is 0 Å². The minimum Gasteiger partial charge on any atom is -0.397 e. The minimum atomic E-state index is 0.0156. The van der Waals surface area contributed by atoms with Crippen molar-refractivity contribution in [3.05, 3.63) is 29.8 Å². The molecule has 0 unspecified atom stereocenters. The van der Waals surface area contributed by atoms with Gasteiger partial charge in [-0.3, -0.25) is 9.89 Å². The molecule has 20 heavy (non-hydrogen) atoms. The van der Waals surface area contributed by atoms with Crippen LogP contribution in [0.25, 0.3) is 0 Å². The van der Waals surface area contributed by atoms with Gasteiger partial charge in [-0.15, -0.1) is 0 Å². The van der Waals surface area contributed by atoms with E-state index in [1.807, 2.05) is 12.1 Å². The Bertz CT molecular complexity index is 622. The van der Waals surface area contributed by atoms with Crippen LogP contribution in [0.3, 0.4) is 0 Å². The third-order valence-corrected chi connectivity index (χ3v) is 3.27. The van der Waals surface area contributed by atoms with Gasteiger partial charge in [-0.25, -0.2) is 4.98 Å². The van der Waals surface area contributed by atoms with Gasteiger partial charge in [0.15, 0.2) is 0 Å². The van der Waals surface area contributed by atoms with E-state index in [9.17, 15) is 4.79 Å². The Morgan fingerprint density at radius 1 is 1.40 bits per heavy atom. The lowest BCUT2D eigenvalue weighted by molar-refractivity contribution is -0.115. The molecule has 0 saturated carbocycles. The normalized spacial score (nSPS) is 13.1. The maximum atomic E-state index is 11.3. The Balaban J connectivity index is 1.58. The smallest absolute Gasteiger partial charge is 0.228 e. The molecule has 5 N–H and O–H groups in total.